The number of rotatable bonds is 5. The first kappa shape index (κ1) is 20.6. The molecule has 1 fully saturated rings. The lowest BCUT2D eigenvalue weighted by molar-refractivity contribution is -0.164. The smallest absolute Gasteiger partial charge is 0.355 e. The second-order valence-electron chi connectivity index (χ2n) is 5.97. The number of nitrogens with zero attached hydrogens (tertiary/aromatic N) is 1. The number of methoxy groups -OCH3 is 1. The van der Waals surface area contributed by atoms with Crippen LogP contribution in [0.3, 0.4) is 0 Å². The van der Waals surface area contributed by atoms with Crippen molar-refractivity contribution >= 4 is 60.8 Å². The predicted molar refractivity (Wildman–Crippen MR) is 102 cm³/mol. The Hall–Kier alpha value is -1.13. The molecular formula is C16H14BrCl2NO6S. The van der Waals surface area contributed by atoms with Crippen molar-refractivity contribution < 1.29 is 27.5 Å². The Morgan fingerprint density at radius 2 is 2.04 bits per heavy atom. The molecular weight excluding hydrogens is 485 g/mol. The van der Waals surface area contributed by atoms with E-state index in [0.29, 0.717) is 15.6 Å². The van der Waals surface area contributed by atoms with Gasteiger partial charge in [-0.2, -0.15) is 0 Å². The summed E-state index contributed by atoms with van der Waals surface area (Å²) >= 11 is 15.0. The second kappa shape index (κ2) is 7.71. The molecule has 0 N–H and O–H groups in total. The molecule has 27 heavy (non-hydrogen) atoms. The van der Waals surface area contributed by atoms with Crippen LogP contribution in [0.15, 0.2) is 29.5 Å². The lowest BCUT2D eigenvalue weighted by Crippen LogP contribution is -2.70. The molecule has 2 aliphatic rings. The van der Waals surface area contributed by atoms with E-state index in [0.717, 1.165) is 4.90 Å². The maximum absolute atomic E-state index is 12.6. The van der Waals surface area contributed by atoms with E-state index < -0.39 is 33.2 Å². The zero-order chi connectivity index (χ0) is 19.9. The molecule has 0 unspecified atom stereocenters. The highest BCUT2D eigenvalue weighted by atomic mass is 79.9. The molecule has 7 nitrogen and oxygen atoms in total. The number of benzene rings is 1. The highest BCUT2D eigenvalue weighted by molar-refractivity contribution is 9.09. The van der Waals surface area contributed by atoms with E-state index in [9.17, 15) is 18.0 Å². The molecule has 146 valence electrons. The molecule has 0 saturated carbocycles. The van der Waals surface area contributed by atoms with E-state index in [1.165, 1.54) is 7.11 Å². The Morgan fingerprint density at radius 1 is 1.33 bits per heavy atom. The number of sulfone groups is 1. The third-order valence-corrected chi connectivity index (χ3v) is 7.64. The Bertz CT molecular complexity index is 948. The molecule has 11 heteroatoms. The van der Waals surface area contributed by atoms with E-state index >= 15 is 0 Å². The van der Waals surface area contributed by atoms with Crippen LogP contribution in [0, 0.1) is 0 Å². The minimum Gasteiger partial charge on any atom is -0.456 e. The van der Waals surface area contributed by atoms with Crippen LogP contribution < -0.4 is 0 Å². The number of fused-ring (bicyclic) bond motifs is 1. The van der Waals surface area contributed by atoms with Crippen LogP contribution in [0.2, 0.25) is 10.0 Å². The maximum atomic E-state index is 12.6. The first-order valence-electron chi connectivity index (χ1n) is 7.67. The van der Waals surface area contributed by atoms with Gasteiger partial charge in [-0.15, -0.1) is 0 Å². The molecule has 2 atom stereocenters. The minimum absolute atomic E-state index is 0.0648. The number of hydrogen-bond acceptors (Lipinski definition) is 6. The van der Waals surface area contributed by atoms with Crippen molar-refractivity contribution in [3.8, 4) is 0 Å². The summed E-state index contributed by atoms with van der Waals surface area (Å²) < 4.78 is 35.1. The fourth-order valence-electron chi connectivity index (χ4n) is 3.00. The van der Waals surface area contributed by atoms with Crippen molar-refractivity contribution in [1.82, 2.24) is 4.90 Å². The number of amides is 1. The molecule has 0 spiro atoms. The molecule has 1 amide bonds. The number of halogens is 3. The molecule has 0 radical (unpaired) electrons. The topological polar surface area (TPSA) is 90.0 Å². The summed E-state index contributed by atoms with van der Waals surface area (Å²) in [6.45, 7) is -0.109. The number of hydrogen-bond donors (Lipinski definition) is 0. The standard InChI is InChI=1S/C16H14BrCl2NO6S/c1-25-13-14(21)20-12(9(5-17)7-27(23,24)15(13)20)16(22)26-6-8-2-3-10(18)11(19)4-8/h2-4,13,15H,5-7H2,1H3/t13-,15+/m0/s1. The minimum atomic E-state index is -3.67. The zero-order valence-electron chi connectivity index (χ0n) is 13.9. The maximum Gasteiger partial charge on any atom is 0.355 e. The molecule has 0 bridgehead atoms. The van der Waals surface area contributed by atoms with Gasteiger partial charge in [-0.1, -0.05) is 45.2 Å². The van der Waals surface area contributed by atoms with Gasteiger partial charge in [0, 0.05) is 12.4 Å². The summed E-state index contributed by atoms with van der Waals surface area (Å²) in [5.41, 5.74) is 0.793. The van der Waals surface area contributed by atoms with Gasteiger partial charge in [0.1, 0.15) is 12.3 Å². The van der Waals surface area contributed by atoms with Gasteiger partial charge in [-0.3, -0.25) is 9.69 Å². The highest BCUT2D eigenvalue weighted by Gasteiger charge is 2.60. The van der Waals surface area contributed by atoms with Gasteiger partial charge < -0.3 is 9.47 Å². The van der Waals surface area contributed by atoms with E-state index in [-0.39, 0.29) is 29.0 Å². The normalized spacial score (nSPS) is 23.7. The van der Waals surface area contributed by atoms with Gasteiger partial charge >= 0.3 is 5.97 Å². The second-order valence-corrected chi connectivity index (χ2v) is 9.45. The van der Waals surface area contributed by atoms with Gasteiger partial charge in [0.2, 0.25) is 0 Å². The fraction of sp³-hybridized carbons (Fsp3) is 0.375. The van der Waals surface area contributed by atoms with Gasteiger partial charge in [0.25, 0.3) is 5.91 Å². The van der Waals surface area contributed by atoms with E-state index in [1.807, 2.05) is 0 Å². The molecule has 3 rings (SSSR count). The van der Waals surface area contributed by atoms with Gasteiger partial charge in [-0.25, -0.2) is 13.2 Å². The van der Waals surface area contributed by atoms with Crippen LogP contribution >= 0.6 is 39.1 Å². The lowest BCUT2D eigenvalue weighted by atomic mass is 10.1. The molecule has 1 aromatic carbocycles. The summed E-state index contributed by atoms with van der Waals surface area (Å²) in [4.78, 5) is 25.9. The average Bonchev–Trinajstić information content (AvgIpc) is 2.62. The van der Waals surface area contributed by atoms with Gasteiger partial charge in [0.05, 0.1) is 15.8 Å². The first-order valence-corrected chi connectivity index (χ1v) is 11.3. The van der Waals surface area contributed by atoms with Crippen molar-refractivity contribution in [3.63, 3.8) is 0 Å². The first-order chi connectivity index (χ1) is 12.7. The molecule has 2 aliphatic heterocycles. The van der Waals surface area contributed by atoms with Gasteiger partial charge in [0.15, 0.2) is 21.3 Å². The van der Waals surface area contributed by atoms with Crippen molar-refractivity contribution in [1.29, 1.82) is 0 Å². The zero-order valence-corrected chi connectivity index (χ0v) is 17.9. The summed E-state index contributed by atoms with van der Waals surface area (Å²) in [7, 11) is -2.42. The van der Waals surface area contributed by atoms with Crippen molar-refractivity contribution in [2.75, 3.05) is 18.2 Å². The monoisotopic (exact) mass is 497 g/mol. The van der Waals surface area contributed by atoms with Crippen molar-refractivity contribution in [2.24, 2.45) is 0 Å². The number of esters is 1. The SMILES string of the molecule is CO[C@H]1C(=O)N2C(C(=O)OCc3ccc(Cl)c(Cl)c3)=C(CBr)CS(=O)(=O)[C@H]12. The Labute approximate surface area is 174 Å². The van der Waals surface area contributed by atoms with Crippen LogP contribution in [-0.2, 0) is 35.5 Å². The van der Waals surface area contributed by atoms with Crippen LogP contribution in [0.5, 0.6) is 0 Å². The lowest BCUT2D eigenvalue weighted by Gasteiger charge is -2.48. The Kier molecular flexibility index (Phi) is 5.88. The van der Waals surface area contributed by atoms with Crippen LogP contribution in [0.1, 0.15) is 5.56 Å². The quantitative estimate of drug-likeness (QED) is 0.351. The largest absolute Gasteiger partial charge is 0.456 e. The number of alkyl halides is 1. The van der Waals surface area contributed by atoms with Crippen LogP contribution in [0.4, 0.5) is 0 Å². The Morgan fingerprint density at radius 3 is 2.63 bits per heavy atom. The highest BCUT2D eigenvalue weighted by Crippen LogP contribution is 2.38. The summed E-state index contributed by atoms with van der Waals surface area (Å²) in [6, 6.07) is 4.77. The molecule has 1 saturated heterocycles. The predicted octanol–water partition coefficient (Wildman–Crippen LogP) is 2.30. The Balaban J connectivity index is 1.86. The number of β-lactam (4-membered cyclic amide) rings is 1. The fourth-order valence-corrected chi connectivity index (χ4v) is 6.08. The summed E-state index contributed by atoms with van der Waals surface area (Å²) in [5, 5.41) is -0.425. The summed E-state index contributed by atoms with van der Waals surface area (Å²) in [5.74, 6) is -1.74. The summed E-state index contributed by atoms with van der Waals surface area (Å²) in [6.07, 6.45) is -1.12. The van der Waals surface area contributed by atoms with Crippen LogP contribution in [0.25, 0.3) is 0 Å². The van der Waals surface area contributed by atoms with Gasteiger partial charge in [-0.05, 0) is 23.3 Å². The molecule has 1 aromatic rings. The number of ether oxygens (including phenoxy) is 2. The van der Waals surface area contributed by atoms with E-state index in [4.69, 9.17) is 32.7 Å². The molecule has 2 heterocycles. The third kappa shape index (κ3) is 3.63. The number of carbonyl (C=O) groups excluding carboxylic acids is 2. The third-order valence-electron chi connectivity index (χ3n) is 4.28. The van der Waals surface area contributed by atoms with E-state index in [2.05, 4.69) is 15.9 Å². The van der Waals surface area contributed by atoms with Crippen molar-refractivity contribution in [3.05, 3.63) is 45.1 Å². The molecule has 0 aliphatic carbocycles. The van der Waals surface area contributed by atoms with E-state index in [1.54, 1.807) is 18.2 Å². The van der Waals surface area contributed by atoms with Crippen molar-refractivity contribution in [2.45, 2.75) is 18.1 Å². The average molecular weight is 499 g/mol. The number of carbonyl (C=O) groups is 2. The van der Waals surface area contributed by atoms with Crippen LogP contribution in [-0.4, -0.2) is 54.9 Å². The molecule has 0 aromatic heterocycles.